The van der Waals surface area contributed by atoms with E-state index in [1.165, 1.54) is 13.2 Å². The van der Waals surface area contributed by atoms with Gasteiger partial charge in [0.15, 0.2) is 23.6 Å². The molecule has 0 bridgehead atoms. The average Bonchev–Trinajstić information content (AvgIpc) is 3.60. The molecule has 1 aromatic carbocycles. The number of anilines is 1. The van der Waals surface area contributed by atoms with Crippen LogP contribution in [-0.2, 0) is 23.6 Å². The van der Waals surface area contributed by atoms with Gasteiger partial charge in [0, 0.05) is 45.8 Å². The number of benzene rings is 1. The van der Waals surface area contributed by atoms with Gasteiger partial charge < -0.3 is 33.6 Å². The fraction of sp³-hybridized carbons (Fsp3) is 0.520. The minimum Gasteiger partial charge on any atom is -0.610 e. The van der Waals surface area contributed by atoms with E-state index < -0.39 is 30.7 Å². The first-order valence-electron chi connectivity index (χ1n) is 12.9. The molecule has 2 saturated heterocycles. The number of fused-ring (bicyclic) bond motifs is 4. The number of rotatable bonds is 5. The highest BCUT2D eigenvalue weighted by molar-refractivity contribution is 6.61. The molecule has 3 fully saturated rings. The molecule has 3 aliphatic heterocycles. The molecule has 6 rings (SSSR count). The Morgan fingerprint density at radius 2 is 1.89 bits per heavy atom. The van der Waals surface area contributed by atoms with Crippen LogP contribution in [0.5, 0.6) is 11.5 Å². The summed E-state index contributed by atoms with van der Waals surface area (Å²) in [4.78, 5) is 38.8. The summed E-state index contributed by atoms with van der Waals surface area (Å²) >= 11 is 0. The van der Waals surface area contributed by atoms with Crippen molar-refractivity contribution < 1.29 is 46.7 Å². The zero-order valence-electron chi connectivity index (χ0n) is 21.5. The lowest BCUT2D eigenvalue weighted by molar-refractivity contribution is -0.675. The Morgan fingerprint density at radius 3 is 2.53 bits per heavy atom. The van der Waals surface area contributed by atoms with E-state index in [1.807, 2.05) is 9.47 Å². The number of halogens is 1. The van der Waals surface area contributed by atoms with Crippen molar-refractivity contribution in [2.45, 2.75) is 51.6 Å². The van der Waals surface area contributed by atoms with Gasteiger partial charge >= 0.3 is 12.9 Å². The Kier molecular flexibility index (Phi) is 5.86. The number of ether oxygens (including phenoxy) is 1. The lowest BCUT2D eigenvalue weighted by Crippen LogP contribution is -2.58. The highest BCUT2D eigenvalue weighted by atomic mass is 19.1. The maximum Gasteiger partial charge on any atom is 0.782 e. The third-order valence-electron chi connectivity index (χ3n) is 7.61. The number of hydrogen-bond donors (Lipinski definition) is 1. The first kappa shape index (κ1) is 24.7. The van der Waals surface area contributed by atoms with Crippen molar-refractivity contribution in [2.75, 3.05) is 31.6 Å². The van der Waals surface area contributed by atoms with E-state index in [-0.39, 0.29) is 28.8 Å². The van der Waals surface area contributed by atoms with Gasteiger partial charge in [0.1, 0.15) is 11.4 Å². The van der Waals surface area contributed by atoms with Crippen molar-refractivity contribution in [1.29, 1.82) is 0 Å². The predicted molar refractivity (Wildman–Crippen MR) is 131 cm³/mol. The van der Waals surface area contributed by atoms with E-state index in [0.29, 0.717) is 36.0 Å². The van der Waals surface area contributed by atoms with Gasteiger partial charge in [-0.25, -0.2) is 4.39 Å². The van der Waals surface area contributed by atoms with Gasteiger partial charge in [-0.1, -0.05) is 0 Å². The van der Waals surface area contributed by atoms with Crippen molar-refractivity contribution in [1.82, 2.24) is 5.32 Å². The van der Waals surface area contributed by atoms with Crippen LogP contribution in [0.15, 0.2) is 12.3 Å². The third-order valence-corrected chi connectivity index (χ3v) is 7.61. The SMILES string of the molecule is COc1c(N2C[C@H]3CCCN[C@H]3C2)c(F)cc2c3c(c[n+](C4CC4)c12)C(=O)O[B-](OC(C)=O)(OC(C)=O)O3. The number of carbonyl (C=O) groups excluding carboxylic acids is 3. The van der Waals surface area contributed by atoms with Crippen molar-refractivity contribution in [2.24, 2.45) is 5.92 Å². The van der Waals surface area contributed by atoms with Gasteiger partial charge in [-0.3, -0.25) is 14.4 Å². The molecule has 38 heavy (non-hydrogen) atoms. The summed E-state index contributed by atoms with van der Waals surface area (Å²) in [5.41, 5.74) is 0.866. The Bertz CT molecular complexity index is 1340. The van der Waals surface area contributed by atoms with Crippen LogP contribution >= 0.6 is 0 Å². The smallest absolute Gasteiger partial charge is 0.610 e. The highest BCUT2D eigenvalue weighted by Crippen LogP contribution is 2.46. The average molecular weight is 529 g/mol. The zero-order valence-corrected chi connectivity index (χ0v) is 21.5. The van der Waals surface area contributed by atoms with Gasteiger partial charge in [0.2, 0.25) is 5.75 Å². The van der Waals surface area contributed by atoms with Crippen LogP contribution in [0.4, 0.5) is 10.1 Å². The lowest BCUT2D eigenvalue weighted by Gasteiger charge is -2.41. The summed E-state index contributed by atoms with van der Waals surface area (Å²) in [7, 11) is 1.48. The molecule has 1 aliphatic carbocycles. The maximum atomic E-state index is 16.0. The Labute approximate surface area is 218 Å². The number of piperidine rings is 1. The molecule has 2 aromatic rings. The van der Waals surface area contributed by atoms with E-state index in [0.717, 1.165) is 46.1 Å². The van der Waals surface area contributed by atoms with Gasteiger partial charge in [0.05, 0.1) is 12.5 Å². The quantitative estimate of drug-likeness (QED) is 0.455. The predicted octanol–water partition coefficient (Wildman–Crippen LogP) is 1.91. The number of aromatic nitrogens is 1. The van der Waals surface area contributed by atoms with Gasteiger partial charge in [0.25, 0.3) is 17.5 Å². The monoisotopic (exact) mass is 529 g/mol. The van der Waals surface area contributed by atoms with Gasteiger partial charge in [-0.05, 0) is 31.4 Å². The molecule has 2 atom stereocenters. The first-order valence-corrected chi connectivity index (χ1v) is 12.9. The van der Waals surface area contributed by atoms with Crippen molar-refractivity contribution >= 4 is 41.5 Å². The van der Waals surface area contributed by atoms with E-state index in [9.17, 15) is 14.4 Å². The largest absolute Gasteiger partial charge is 0.782 e. The number of methoxy groups -OCH3 is 1. The van der Waals surface area contributed by atoms with Crippen LogP contribution in [0, 0.1) is 11.7 Å². The molecular formula is C25H29BFN3O8. The standard InChI is InChI=1S/C25H29BFN3O8/c1-13(31)35-26(36-14(2)32)37-23-17-9-19(27)22(29-10-15-5-4-8-28-20(15)12-29)24(34-3)21(17)30(16-6-7-16)11-18(23)25(33)38-26/h9,11,15-16,20,28H,4-8,10,12H2,1-3H3/t15-,20+/m1/s1. The second kappa shape index (κ2) is 9.00. The van der Waals surface area contributed by atoms with Crippen molar-refractivity contribution in [3.63, 3.8) is 0 Å². The summed E-state index contributed by atoms with van der Waals surface area (Å²) in [6.07, 6.45) is 5.48. The Hall–Kier alpha value is -3.61. The third kappa shape index (κ3) is 4.09. The summed E-state index contributed by atoms with van der Waals surface area (Å²) in [5.74, 6) is -2.66. The molecule has 0 radical (unpaired) electrons. The Balaban J connectivity index is 1.54. The molecule has 11 nitrogen and oxygen atoms in total. The fourth-order valence-corrected chi connectivity index (χ4v) is 5.96. The molecule has 202 valence electrons. The molecule has 1 saturated carbocycles. The number of nitrogens with one attached hydrogen (secondary N) is 1. The van der Waals surface area contributed by atoms with Crippen LogP contribution < -0.4 is 24.2 Å². The second-order valence-electron chi connectivity index (χ2n) is 10.3. The first-order chi connectivity index (χ1) is 18.2. The molecule has 1 aromatic heterocycles. The van der Waals surface area contributed by atoms with Crippen LogP contribution in [0.25, 0.3) is 10.9 Å². The fourth-order valence-electron chi connectivity index (χ4n) is 5.96. The molecule has 4 aliphatic rings. The van der Waals surface area contributed by atoms with E-state index >= 15 is 4.39 Å². The molecule has 0 spiro atoms. The van der Waals surface area contributed by atoms with Gasteiger partial charge in [-0.2, -0.15) is 4.57 Å². The van der Waals surface area contributed by atoms with Crippen molar-refractivity contribution in [3.8, 4) is 11.5 Å². The lowest BCUT2D eigenvalue weighted by atomic mass is 9.94. The van der Waals surface area contributed by atoms with Crippen LogP contribution in [0.1, 0.15) is 55.9 Å². The number of hydrogen-bond acceptors (Lipinski definition) is 10. The van der Waals surface area contributed by atoms with E-state index in [4.69, 9.17) is 23.4 Å². The molecule has 4 heterocycles. The van der Waals surface area contributed by atoms with Crippen LogP contribution in [-0.4, -0.2) is 57.7 Å². The van der Waals surface area contributed by atoms with Crippen LogP contribution in [0.2, 0.25) is 0 Å². The zero-order chi connectivity index (χ0) is 26.8. The molecule has 13 heteroatoms. The van der Waals surface area contributed by atoms with Crippen molar-refractivity contribution in [3.05, 3.63) is 23.6 Å². The molecule has 0 unspecified atom stereocenters. The Morgan fingerprint density at radius 1 is 1.16 bits per heavy atom. The minimum absolute atomic E-state index is 0.00759. The summed E-state index contributed by atoms with van der Waals surface area (Å²) in [6.45, 7) is 0.793. The molecular weight excluding hydrogens is 500 g/mol. The van der Waals surface area contributed by atoms with E-state index in [1.54, 1.807) is 6.20 Å². The summed E-state index contributed by atoms with van der Waals surface area (Å²) in [5, 5.41) is 3.75. The van der Waals surface area contributed by atoms with Crippen LogP contribution in [0.3, 0.4) is 0 Å². The summed E-state index contributed by atoms with van der Waals surface area (Å²) in [6, 6.07) is 1.64. The number of pyridine rings is 1. The van der Waals surface area contributed by atoms with Gasteiger partial charge in [-0.15, -0.1) is 0 Å². The van der Waals surface area contributed by atoms with E-state index in [2.05, 4.69) is 5.32 Å². The highest BCUT2D eigenvalue weighted by Gasteiger charge is 2.52. The maximum absolute atomic E-state index is 16.0. The topological polar surface area (TPSA) is 117 Å². The number of carbonyl (C=O) groups is 3. The minimum atomic E-state index is -3.60. The number of nitrogens with zero attached hydrogens (tertiary/aromatic N) is 2. The normalized spacial score (nSPS) is 23.7. The molecule has 1 N–H and O–H groups in total. The summed E-state index contributed by atoms with van der Waals surface area (Å²) < 4.78 is 45.0. The second-order valence-corrected chi connectivity index (χ2v) is 10.3. The molecule has 0 amide bonds.